The fraction of sp³-hybridized carbons (Fsp3) is 0.182. The lowest BCUT2D eigenvalue weighted by Gasteiger charge is -2.03. The Morgan fingerprint density at radius 3 is 3.00 bits per heavy atom. The summed E-state index contributed by atoms with van der Waals surface area (Å²) in [5.74, 6) is 0.619. The van der Waals surface area contributed by atoms with Crippen LogP contribution in [0, 0.1) is 6.92 Å². The van der Waals surface area contributed by atoms with Crippen molar-refractivity contribution in [2.45, 2.75) is 13.5 Å². The van der Waals surface area contributed by atoms with Crippen LogP contribution < -0.4 is 0 Å². The average Bonchev–Trinajstić information content (AvgIpc) is 2.69. The topological polar surface area (TPSA) is 46.3 Å². The molecule has 0 aliphatic carbocycles. The lowest BCUT2D eigenvalue weighted by atomic mass is 10.1. The molecule has 2 rings (SSSR count). The molecule has 4 heteroatoms. The Balaban J connectivity index is 2.58. The number of benzene rings is 1. The van der Waals surface area contributed by atoms with Gasteiger partial charge in [0.1, 0.15) is 5.69 Å². The van der Waals surface area contributed by atoms with Gasteiger partial charge in [-0.2, -0.15) is 0 Å². The Kier molecular flexibility index (Phi) is 2.88. The molecule has 0 spiro atoms. The summed E-state index contributed by atoms with van der Waals surface area (Å²) in [6.07, 6.45) is 1.34. The molecule has 0 aliphatic rings. The monoisotopic (exact) mass is 267 g/mol. The number of aryl methyl sites for hydroxylation is 1. The number of hydrogen-bond donors (Lipinski definition) is 1. The van der Waals surface area contributed by atoms with Gasteiger partial charge in [-0.05, 0) is 19.1 Å². The van der Waals surface area contributed by atoms with E-state index < -0.39 is 0 Å². The molecule has 1 heterocycles. The summed E-state index contributed by atoms with van der Waals surface area (Å²) in [4.78, 5) is 3.94. The van der Waals surface area contributed by atoms with Gasteiger partial charge in [-0.25, -0.2) is 4.98 Å². The van der Waals surface area contributed by atoms with Gasteiger partial charge in [0, 0.05) is 10.0 Å². The Labute approximate surface area is 95.9 Å². The predicted molar refractivity (Wildman–Crippen MR) is 60.3 cm³/mol. The van der Waals surface area contributed by atoms with Gasteiger partial charge in [0.15, 0.2) is 12.2 Å². The van der Waals surface area contributed by atoms with Crippen LogP contribution in [0.4, 0.5) is 0 Å². The number of aromatic nitrogens is 1. The van der Waals surface area contributed by atoms with Crippen molar-refractivity contribution in [3.05, 3.63) is 40.3 Å². The Bertz CT molecular complexity index is 479. The smallest absolute Gasteiger partial charge is 0.181 e. The standard InChI is InChI=1S/C11H10BrNO2/c1-7-2-3-9(12)8(4-7)11-10(5-14)13-6-15-11/h2-4,6,14H,5H2,1H3. The van der Waals surface area contributed by atoms with Gasteiger partial charge in [-0.15, -0.1) is 0 Å². The van der Waals surface area contributed by atoms with Crippen LogP contribution in [0.5, 0.6) is 0 Å². The van der Waals surface area contributed by atoms with Crippen molar-refractivity contribution in [2.75, 3.05) is 0 Å². The molecule has 1 aromatic heterocycles. The maximum atomic E-state index is 9.09. The van der Waals surface area contributed by atoms with E-state index in [1.807, 2.05) is 25.1 Å². The fourth-order valence-corrected chi connectivity index (χ4v) is 1.84. The lowest BCUT2D eigenvalue weighted by molar-refractivity contribution is 0.277. The molecule has 78 valence electrons. The lowest BCUT2D eigenvalue weighted by Crippen LogP contribution is -1.88. The molecule has 0 saturated carbocycles. The largest absolute Gasteiger partial charge is 0.443 e. The summed E-state index contributed by atoms with van der Waals surface area (Å²) in [5.41, 5.74) is 2.60. The molecule has 2 aromatic rings. The number of halogens is 1. The van der Waals surface area contributed by atoms with Gasteiger partial charge >= 0.3 is 0 Å². The summed E-state index contributed by atoms with van der Waals surface area (Å²) in [7, 11) is 0. The number of rotatable bonds is 2. The molecule has 1 aromatic carbocycles. The highest BCUT2D eigenvalue weighted by atomic mass is 79.9. The van der Waals surface area contributed by atoms with E-state index in [4.69, 9.17) is 9.52 Å². The zero-order valence-corrected chi connectivity index (χ0v) is 9.78. The number of aliphatic hydroxyl groups is 1. The molecule has 1 N–H and O–H groups in total. The zero-order chi connectivity index (χ0) is 10.8. The van der Waals surface area contributed by atoms with Crippen molar-refractivity contribution >= 4 is 15.9 Å². The average molecular weight is 268 g/mol. The van der Waals surface area contributed by atoms with E-state index >= 15 is 0 Å². The maximum absolute atomic E-state index is 9.09. The summed E-state index contributed by atoms with van der Waals surface area (Å²) < 4.78 is 6.21. The fourth-order valence-electron chi connectivity index (χ4n) is 1.41. The number of nitrogens with zero attached hydrogens (tertiary/aromatic N) is 1. The highest BCUT2D eigenvalue weighted by Gasteiger charge is 2.12. The van der Waals surface area contributed by atoms with Crippen LogP contribution in [0.25, 0.3) is 11.3 Å². The molecule has 0 aliphatic heterocycles. The molecule has 0 unspecified atom stereocenters. The Morgan fingerprint density at radius 1 is 1.47 bits per heavy atom. The van der Waals surface area contributed by atoms with Crippen molar-refractivity contribution in [1.82, 2.24) is 4.98 Å². The predicted octanol–water partition coefficient (Wildman–Crippen LogP) is 2.90. The van der Waals surface area contributed by atoms with E-state index in [1.54, 1.807) is 0 Å². The minimum atomic E-state index is -0.119. The highest BCUT2D eigenvalue weighted by molar-refractivity contribution is 9.10. The van der Waals surface area contributed by atoms with E-state index in [-0.39, 0.29) is 6.61 Å². The van der Waals surface area contributed by atoms with Gasteiger partial charge < -0.3 is 9.52 Å². The van der Waals surface area contributed by atoms with Crippen LogP contribution in [0.1, 0.15) is 11.3 Å². The Morgan fingerprint density at radius 2 is 2.27 bits per heavy atom. The second-order valence-electron chi connectivity index (χ2n) is 3.27. The maximum Gasteiger partial charge on any atom is 0.181 e. The van der Waals surface area contributed by atoms with Crippen LogP contribution in [0.3, 0.4) is 0 Å². The van der Waals surface area contributed by atoms with Crippen molar-refractivity contribution in [1.29, 1.82) is 0 Å². The summed E-state index contributed by atoms with van der Waals surface area (Å²) in [6.45, 7) is 1.89. The first-order chi connectivity index (χ1) is 7.22. The highest BCUT2D eigenvalue weighted by Crippen LogP contribution is 2.31. The molecule has 0 atom stereocenters. The minimum absolute atomic E-state index is 0.119. The van der Waals surface area contributed by atoms with Gasteiger partial charge in [-0.3, -0.25) is 0 Å². The second kappa shape index (κ2) is 4.16. The molecule has 0 bridgehead atoms. The number of aliphatic hydroxyl groups excluding tert-OH is 1. The van der Waals surface area contributed by atoms with E-state index in [9.17, 15) is 0 Å². The quantitative estimate of drug-likeness (QED) is 0.910. The van der Waals surface area contributed by atoms with Crippen LogP contribution >= 0.6 is 15.9 Å². The molecule has 0 saturated heterocycles. The first-order valence-corrected chi connectivity index (χ1v) is 5.31. The number of oxazole rings is 1. The van der Waals surface area contributed by atoms with Crippen LogP contribution in [0.15, 0.2) is 33.5 Å². The molecule has 0 amide bonds. The molecular weight excluding hydrogens is 258 g/mol. The summed E-state index contributed by atoms with van der Waals surface area (Å²) in [6, 6.07) is 5.95. The number of hydrogen-bond acceptors (Lipinski definition) is 3. The van der Waals surface area contributed by atoms with Gasteiger partial charge in [0.05, 0.1) is 6.61 Å². The second-order valence-corrected chi connectivity index (χ2v) is 4.12. The third-order valence-electron chi connectivity index (χ3n) is 2.16. The molecule has 3 nitrogen and oxygen atoms in total. The van der Waals surface area contributed by atoms with E-state index in [0.29, 0.717) is 11.5 Å². The molecule has 15 heavy (non-hydrogen) atoms. The minimum Gasteiger partial charge on any atom is -0.443 e. The van der Waals surface area contributed by atoms with Crippen molar-refractivity contribution < 1.29 is 9.52 Å². The SMILES string of the molecule is Cc1ccc(Br)c(-c2ocnc2CO)c1. The van der Waals surface area contributed by atoms with Gasteiger partial charge in [0.2, 0.25) is 0 Å². The zero-order valence-electron chi connectivity index (χ0n) is 8.20. The third kappa shape index (κ3) is 1.96. The van der Waals surface area contributed by atoms with Crippen molar-refractivity contribution in [3.8, 4) is 11.3 Å². The van der Waals surface area contributed by atoms with E-state index in [0.717, 1.165) is 15.6 Å². The summed E-state index contributed by atoms with van der Waals surface area (Å²) >= 11 is 3.45. The van der Waals surface area contributed by atoms with Crippen LogP contribution in [-0.2, 0) is 6.61 Å². The first kappa shape index (κ1) is 10.4. The van der Waals surface area contributed by atoms with Crippen molar-refractivity contribution in [2.24, 2.45) is 0 Å². The third-order valence-corrected chi connectivity index (χ3v) is 2.85. The Hall–Kier alpha value is -1.13. The van der Waals surface area contributed by atoms with Crippen molar-refractivity contribution in [3.63, 3.8) is 0 Å². The van der Waals surface area contributed by atoms with Crippen LogP contribution in [0.2, 0.25) is 0 Å². The van der Waals surface area contributed by atoms with Crippen LogP contribution in [-0.4, -0.2) is 10.1 Å². The molecular formula is C11H10BrNO2. The normalized spacial score (nSPS) is 10.6. The van der Waals surface area contributed by atoms with Gasteiger partial charge in [-0.1, -0.05) is 27.6 Å². The first-order valence-electron chi connectivity index (χ1n) is 4.52. The van der Waals surface area contributed by atoms with E-state index in [1.165, 1.54) is 6.39 Å². The summed E-state index contributed by atoms with van der Waals surface area (Å²) in [5, 5.41) is 9.09. The van der Waals surface area contributed by atoms with Gasteiger partial charge in [0.25, 0.3) is 0 Å². The molecule has 0 fully saturated rings. The van der Waals surface area contributed by atoms with E-state index in [2.05, 4.69) is 20.9 Å². The molecule has 0 radical (unpaired) electrons.